The summed E-state index contributed by atoms with van der Waals surface area (Å²) in [6.07, 6.45) is -0.672. The summed E-state index contributed by atoms with van der Waals surface area (Å²) in [6.45, 7) is -0.00967. The summed E-state index contributed by atoms with van der Waals surface area (Å²) in [5, 5.41) is 12.1. The Bertz CT molecular complexity index is 1120. The van der Waals surface area contributed by atoms with E-state index in [1.165, 1.54) is 50.6 Å². The Hall–Kier alpha value is -3.39. The Morgan fingerprint density at radius 3 is 2.32 bits per heavy atom. The fourth-order valence-electron chi connectivity index (χ4n) is 2.54. The molecule has 2 aromatic rings. The lowest BCUT2D eigenvalue weighted by Gasteiger charge is -2.24. The molecule has 2 rings (SSSR count). The van der Waals surface area contributed by atoms with Crippen LogP contribution >= 0.6 is 0 Å². The molecule has 31 heavy (non-hydrogen) atoms. The van der Waals surface area contributed by atoms with Crippen molar-refractivity contribution in [1.82, 2.24) is 0 Å². The standard InChI is InChI=1S/C21H22N2O7S/c1-29-14-6-5-13-21(22,20(25)26)31(27,28)18-8-4-3-7-17(18)23-19(24)15-9-11-16(30-2)12-10-15/h3-4,7-12H,13-14,22H2,1-2H3,(H,23,24)(H,25,26). The molecule has 2 aromatic carbocycles. The molecule has 1 amide bonds. The van der Waals surface area contributed by atoms with Crippen LogP contribution in [0.4, 0.5) is 5.69 Å². The van der Waals surface area contributed by atoms with E-state index in [1.807, 2.05) is 0 Å². The number of ether oxygens (including phenoxy) is 2. The number of carboxylic acid groups (broad SMARTS) is 1. The maximum absolute atomic E-state index is 13.2. The summed E-state index contributed by atoms with van der Waals surface area (Å²) in [6, 6.07) is 11.6. The molecule has 0 saturated carbocycles. The molecule has 0 saturated heterocycles. The monoisotopic (exact) mass is 446 g/mol. The van der Waals surface area contributed by atoms with Gasteiger partial charge in [-0.1, -0.05) is 24.0 Å². The second-order valence-electron chi connectivity index (χ2n) is 6.34. The molecule has 0 heterocycles. The van der Waals surface area contributed by atoms with Gasteiger partial charge in [0.1, 0.15) is 12.4 Å². The molecular weight excluding hydrogens is 424 g/mol. The van der Waals surface area contributed by atoms with Gasteiger partial charge in [-0.15, -0.1) is 0 Å². The van der Waals surface area contributed by atoms with Crippen LogP contribution in [0.5, 0.6) is 5.75 Å². The van der Waals surface area contributed by atoms with E-state index >= 15 is 0 Å². The minimum absolute atomic E-state index is 0.00967. The first-order chi connectivity index (χ1) is 14.7. The first-order valence-corrected chi connectivity index (χ1v) is 10.4. The average Bonchev–Trinajstić information content (AvgIpc) is 2.76. The Morgan fingerprint density at radius 2 is 1.74 bits per heavy atom. The zero-order chi connectivity index (χ0) is 23.1. The molecule has 0 spiro atoms. The van der Waals surface area contributed by atoms with Crippen molar-refractivity contribution >= 4 is 27.4 Å². The van der Waals surface area contributed by atoms with E-state index in [9.17, 15) is 23.1 Å². The van der Waals surface area contributed by atoms with Crippen LogP contribution in [-0.4, -0.2) is 51.1 Å². The molecule has 1 atom stereocenters. The van der Waals surface area contributed by atoms with Gasteiger partial charge in [0.2, 0.25) is 14.7 Å². The maximum atomic E-state index is 13.2. The number of hydrogen-bond donors (Lipinski definition) is 3. The third-order valence-electron chi connectivity index (χ3n) is 4.31. The fraction of sp³-hybridized carbons (Fsp3) is 0.238. The van der Waals surface area contributed by atoms with Gasteiger partial charge in [0.05, 0.1) is 24.1 Å². The third-order valence-corrected chi connectivity index (χ3v) is 6.52. The lowest BCUT2D eigenvalue weighted by atomic mass is 10.2. The quantitative estimate of drug-likeness (QED) is 0.517. The van der Waals surface area contributed by atoms with Crippen molar-refractivity contribution in [3.05, 3.63) is 54.1 Å². The van der Waals surface area contributed by atoms with Gasteiger partial charge in [0, 0.05) is 12.7 Å². The Kier molecular flexibility index (Phi) is 7.77. The summed E-state index contributed by atoms with van der Waals surface area (Å²) in [4.78, 5) is 21.2. The van der Waals surface area contributed by atoms with E-state index in [0.717, 1.165) is 0 Å². The second-order valence-corrected chi connectivity index (χ2v) is 8.52. The molecule has 0 radical (unpaired) electrons. The van der Waals surface area contributed by atoms with E-state index in [0.29, 0.717) is 5.75 Å². The number of amides is 1. The molecule has 1 unspecified atom stereocenters. The number of nitrogens with two attached hydrogens (primary N) is 1. The van der Waals surface area contributed by atoms with Crippen LogP contribution in [-0.2, 0) is 19.4 Å². The fourth-order valence-corrected chi connectivity index (χ4v) is 4.09. The van der Waals surface area contributed by atoms with E-state index in [4.69, 9.17) is 15.2 Å². The highest BCUT2D eigenvalue weighted by Gasteiger charge is 2.49. The van der Waals surface area contributed by atoms with Crippen molar-refractivity contribution < 1.29 is 32.6 Å². The van der Waals surface area contributed by atoms with Crippen LogP contribution in [0.1, 0.15) is 16.8 Å². The Balaban J connectivity index is 2.42. The summed E-state index contributed by atoms with van der Waals surface area (Å²) in [5.74, 6) is 3.09. The number of carbonyl (C=O) groups is 2. The van der Waals surface area contributed by atoms with Crippen molar-refractivity contribution in [2.24, 2.45) is 5.73 Å². The molecule has 4 N–H and O–H groups in total. The molecule has 0 fully saturated rings. The predicted octanol–water partition coefficient (Wildman–Crippen LogP) is 1.50. The van der Waals surface area contributed by atoms with E-state index in [-0.39, 0.29) is 17.9 Å². The average molecular weight is 446 g/mol. The lowest BCUT2D eigenvalue weighted by Crippen LogP contribution is -2.54. The Morgan fingerprint density at radius 1 is 1.10 bits per heavy atom. The molecule has 10 heteroatoms. The van der Waals surface area contributed by atoms with Gasteiger partial charge in [-0.2, -0.15) is 0 Å². The van der Waals surface area contributed by atoms with Gasteiger partial charge in [0.25, 0.3) is 5.91 Å². The molecule has 9 nitrogen and oxygen atoms in total. The zero-order valence-corrected chi connectivity index (χ0v) is 17.7. The van der Waals surface area contributed by atoms with Gasteiger partial charge in [-0.25, -0.2) is 13.2 Å². The van der Waals surface area contributed by atoms with Crippen LogP contribution in [0.25, 0.3) is 0 Å². The van der Waals surface area contributed by atoms with Crippen molar-refractivity contribution in [3.8, 4) is 17.6 Å². The number of sulfone groups is 1. The lowest BCUT2D eigenvalue weighted by molar-refractivity contribution is -0.139. The number of benzene rings is 2. The van der Waals surface area contributed by atoms with Gasteiger partial charge >= 0.3 is 5.97 Å². The maximum Gasteiger partial charge on any atom is 0.340 e. The van der Waals surface area contributed by atoms with Gasteiger partial charge in [-0.3, -0.25) is 4.79 Å². The van der Waals surface area contributed by atoms with Crippen molar-refractivity contribution in [3.63, 3.8) is 0 Å². The van der Waals surface area contributed by atoms with Crippen LogP contribution in [0.15, 0.2) is 53.4 Å². The van der Waals surface area contributed by atoms with E-state index in [1.54, 1.807) is 12.1 Å². The highest BCUT2D eigenvalue weighted by atomic mass is 32.2. The summed E-state index contributed by atoms with van der Waals surface area (Å²) >= 11 is 0. The predicted molar refractivity (Wildman–Crippen MR) is 113 cm³/mol. The first-order valence-electron chi connectivity index (χ1n) is 8.93. The highest BCUT2D eigenvalue weighted by Crippen LogP contribution is 2.31. The smallest absolute Gasteiger partial charge is 0.340 e. The third kappa shape index (κ3) is 5.21. The normalized spacial score (nSPS) is 12.7. The van der Waals surface area contributed by atoms with Gasteiger partial charge < -0.3 is 25.6 Å². The van der Waals surface area contributed by atoms with Gasteiger partial charge in [0.15, 0.2) is 0 Å². The number of carboxylic acids is 1. The number of hydrogen-bond acceptors (Lipinski definition) is 7. The van der Waals surface area contributed by atoms with E-state index in [2.05, 4.69) is 17.2 Å². The minimum Gasteiger partial charge on any atom is -0.497 e. The molecule has 0 aromatic heterocycles. The number of carbonyl (C=O) groups excluding carboxylic acids is 1. The Labute approximate surface area is 180 Å². The second kappa shape index (κ2) is 10.1. The van der Waals surface area contributed by atoms with Crippen molar-refractivity contribution in [1.29, 1.82) is 0 Å². The number of aliphatic carboxylic acids is 1. The largest absolute Gasteiger partial charge is 0.497 e. The summed E-state index contributed by atoms with van der Waals surface area (Å²) in [5.41, 5.74) is 5.96. The minimum atomic E-state index is -4.66. The topological polar surface area (TPSA) is 145 Å². The van der Waals surface area contributed by atoms with Crippen LogP contribution in [0.3, 0.4) is 0 Å². The number of nitrogens with one attached hydrogen (secondary N) is 1. The van der Waals surface area contributed by atoms with Crippen LogP contribution < -0.4 is 15.8 Å². The molecule has 0 aliphatic rings. The molecule has 0 aliphatic carbocycles. The zero-order valence-electron chi connectivity index (χ0n) is 16.9. The first kappa shape index (κ1) is 23.9. The van der Waals surface area contributed by atoms with Crippen molar-refractivity contribution in [2.45, 2.75) is 16.2 Å². The van der Waals surface area contributed by atoms with Gasteiger partial charge in [-0.05, 0) is 36.4 Å². The molecular formula is C21H22N2O7S. The van der Waals surface area contributed by atoms with Crippen LogP contribution in [0, 0.1) is 11.8 Å². The number of para-hydroxylation sites is 1. The molecule has 0 bridgehead atoms. The summed E-state index contributed by atoms with van der Waals surface area (Å²) < 4.78 is 36.2. The molecule has 0 aliphatic heterocycles. The number of anilines is 1. The van der Waals surface area contributed by atoms with Crippen molar-refractivity contribution in [2.75, 3.05) is 26.1 Å². The SMILES string of the molecule is COCC#CCC(N)(C(=O)O)S(=O)(=O)c1ccccc1NC(=O)c1ccc(OC)cc1. The van der Waals surface area contributed by atoms with E-state index < -0.39 is 37.9 Å². The molecule has 164 valence electrons. The van der Waals surface area contributed by atoms with Crippen LogP contribution in [0.2, 0.25) is 0 Å². The number of rotatable bonds is 8. The summed E-state index contributed by atoms with van der Waals surface area (Å²) in [7, 11) is -1.78. The number of methoxy groups -OCH3 is 2. The highest BCUT2D eigenvalue weighted by molar-refractivity contribution is 7.93.